The van der Waals surface area contributed by atoms with Crippen molar-refractivity contribution in [1.82, 2.24) is 10.6 Å². The number of hydrogen-bond donors (Lipinski definition) is 3. The average Bonchev–Trinajstić information content (AvgIpc) is 3.38. The van der Waals surface area contributed by atoms with Gasteiger partial charge in [-0.05, 0) is 56.5 Å². The number of thiophene rings is 1. The number of hydrogen-bond acceptors (Lipinski definition) is 4. The van der Waals surface area contributed by atoms with Crippen molar-refractivity contribution in [1.29, 1.82) is 0 Å². The smallest absolute Gasteiger partial charge is 0.191 e. The lowest BCUT2D eigenvalue weighted by atomic mass is 10.1. The molecule has 0 saturated carbocycles. The summed E-state index contributed by atoms with van der Waals surface area (Å²) in [5.74, 6) is 0.697. The SMILES string of the molecule is CCNC(=NCC(O)c1ccc(Cl)s1)NC(C)c1cccc(N2CCCC2)c1.I. The monoisotopic (exact) mass is 548 g/mol. The molecule has 1 aromatic carbocycles. The topological polar surface area (TPSA) is 59.9 Å². The third kappa shape index (κ3) is 7.01. The van der Waals surface area contributed by atoms with Gasteiger partial charge < -0.3 is 20.6 Å². The first kappa shape index (κ1) is 24.2. The molecule has 1 aliphatic heterocycles. The van der Waals surface area contributed by atoms with Gasteiger partial charge in [-0.25, -0.2) is 0 Å². The zero-order valence-electron chi connectivity index (χ0n) is 16.9. The predicted molar refractivity (Wildman–Crippen MR) is 135 cm³/mol. The molecular weight excluding hydrogens is 519 g/mol. The van der Waals surface area contributed by atoms with Crippen LogP contribution in [0.3, 0.4) is 0 Å². The molecule has 1 aliphatic rings. The van der Waals surface area contributed by atoms with Gasteiger partial charge in [0.05, 0.1) is 16.9 Å². The van der Waals surface area contributed by atoms with Crippen LogP contribution in [0.1, 0.15) is 49.3 Å². The Bertz CT molecular complexity index is 794. The molecule has 2 atom stereocenters. The van der Waals surface area contributed by atoms with Crippen LogP contribution in [0.5, 0.6) is 0 Å². The van der Waals surface area contributed by atoms with Gasteiger partial charge in [-0.3, -0.25) is 4.99 Å². The van der Waals surface area contributed by atoms with Crippen LogP contribution in [0, 0.1) is 0 Å². The van der Waals surface area contributed by atoms with Crippen LogP contribution in [0.25, 0.3) is 0 Å². The number of anilines is 1. The Morgan fingerprint density at radius 2 is 2.03 bits per heavy atom. The molecule has 0 amide bonds. The lowest BCUT2D eigenvalue weighted by molar-refractivity contribution is 0.191. The van der Waals surface area contributed by atoms with E-state index >= 15 is 0 Å². The van der Waals surface area contributed by atoms with E-state index in [0.717, 1.165) is 24.5 Å². The number of nitrogens with one attached hydrogen (secondary N) is 2. The van der Waals surface area contributed by atoms with E-state index in [-0.39, 0.29) is 36.6 Å². The summed E-state index contributed by atoms with van der Waals surface area (Å²) in [5.41, 5.74) is 2.51. The Balaban J connectivity index is 0.00000300. The molecule has 8 heteroatoms. The Morgan fingerprint density at radius 1 is 1.28 bits per heavy atom. The van der Waals surface area contributed by atoms with Crippen LogP contribution >= 0.6 is 46.9 Å². The number of benzene rings is 1. The van der Waals surface area contributed by atoms with Crippen LogP contribution in [0.15, 0.2) is 41.4 Å². The van der Waals surface area contributed by atoms with Crippen molar-refractivity contribution >= 4 is 58.6 Å². The Labute approximate surface area is 199 Å². The third-order valence-electron chi connectivity index (χ3n) is 4.88. The van der Waals surface area contributed by atoms with Crippen molar-refractivity contribution in [3.05, 3.63) is 51.2 Å². The maximum Gasteiger partial charge on any atom is 0.191 e. The lowest BCUT2D eigenvalue weighted by Gasteiger charge is -2.22. The maximum atomic E-state index is 10.3. The molecule has 2 heterocycles. The van der Waals surface area contributed by atoms with E-state index in [9.17, 15) is 5.11 Å². The molecule has 2 unspecified atom stereocenters. The zero-order valence-corrected chi connectivity index (χ0v) is 20.8. The highest BCUT2D eigenvalue weighted by Gasteiger charge is 2.15. The Hall–Kier alpha value is -1.03. The van der Waals surface area contributed by atoms with E-state index < -0.39 is 6.10 Å². The summed E-state index contributed by atoms with van der Waals surface area (Å²) >= 11 is 7.34. The molecular formula is C21H30ClIN4OS. The van der Waals surface area contributed by atoms with Gasteiger partial charge in [0.15, 0.2) is 5.96 Å². The first-order valence-corrected chi connectivity index (χ1v) is 11.1. The third-order valence-corrected chi connectivity index (χ3v) is 6.22. The van der Waals surface area contributed by atoms with Gasteiger partial charge in [-0.1, -0.05) is 23.7 Å². The van der Waals surface area contributed by atoms with Gasteiger partial charge in [0.2, 0.25) is 0 Å². The molecule has 1 aromatic heterocycles. The van der Waals surface area contributed by atoms with Crippen molar-refractivity contribution < 1.29 is 5.11 Å². The van der Waals surface area contributed by atoms with Gasteiger partial charge in [0.25, 0.3) is 0 Å². The predicted octanol–water partition coefficient (Wildman–Crippen LogP) is 4.97. The fraction of sp³-hybridized carbons (Fsp3) is 0.476. The Morgan fingerprint density at radius 3 is 2.69 bits per heavy atom. The minimum Gasteiger partial charge on any atom is -0.386 e. The number of guanidine groups is 1. The van der Waals surface area contributed by atoms with Crippen LogP contribution in [-0.2, 0) is 0 Å². The van der Waals surface area contributed by atoms with Crippen LogP contribution < -0.4 is 15.5 Å². The fourth-order valence-corrected chi connectivity index (χ4v) is 4.39. The lowest BCUT2D eigenvalue weighted by Crippen LogP contribution is -2.39. The van der Waals surface area contributed by atoms with Gasteiger partial charge >= 0.3 is 0 Å². The van der Waals surface area contributed by atoms with Gasteiger partial charge in [-0.2, -0.15) is 0 Å². The normalized spacial score (nSPS) is 16.3. The van der Waals surface area contributed by atoms with E-state index in [1.807, 2.05) is 13.0 Å². The van der Waals surface area contributed by atoms with Crippen LogP contribution in [0.4, 0.5) is 5.69 Å². The molecule has 0 spiro atoms. The molecule has 29 heavy (non-hydrogen) atoms. The molecule has 160 valence electrons. The zero-order chi connectivity index (χ0) is 19.9. The van der Waals surface area contributed by atoms with E-state index in [1.54, 1.807) is 6.07 Å². The van der Waals surface area contributed by atoms with Crippen LogP contribution in [0.2, 0.25) is 4.34 Å². The van der Waals surface area contributed by atoms with Crippen molar-refractivity contribution in [3.63, 3.8) is 0 Å². The number of aliphatic hydroxyl groups is 1. The molecule has 3 N–H and O–H groups in total. The minimum atomic E-state index is -0.651. The molecule has 0 radical (unpaired) electrons. The number of aliphatic hydroxyl groups excluding tert-OH is 1. The van der Waals surface area contributed by atoms with E-state index in [2.05, 4.69) is 51.7 Å². The van der Waals surface area contributed by atoms with Crippen LogP contribution in [-0.4, -0.2) is 37.2 Å². The summed E-state index contributed by atoms with van der Waals surface area (Å²) in [6, 6.07) is 12.5. The Kier molecular flexibility index (Phi) is 10.0. The van der Waals surface area contributed by atoms with E-state index in [0.29, 0.717) is 10.3 Å². The van der Waals surface area contributed by atoms with Crippen molar-refractivity contribution in [3.8, 4) is 0 Å². The highest BCUT2D eigenvalue weighted by Crippen LogP contribution is 2.27. The first-order valence-electron chi connectivity index (χ1n) is 9.90. The highest BCUT2D eigenvalue weighted by atomic mass is 127. The van der Waals surface area contributed by atoms with Crippen molar-refractivity contribution in [2.45, 2.75) is 38.8 Å². The van der Waals surface area contributed by atoms with E-state index in [1.165, 1.54) is 35.4 Å². The van der Waals surface area contributed by atoms with Crippen molar-refractivity contribution in [2.75, 3.05) is 31.1 Å². The molecule has 2 aromatic rings. The molecule has 1 fully saturated rings. The molecule has 3 rings (SSSR count). The summed E-state index contributed by atoms with van der Waals surface area (Å²) < 4.78 is 0.676. The summed E-state index contributed by atoms with van der Waals surface area (Å²) in [7, 11) is 0. The number of aliphatic imine (C=N–C) groups is 1. The molecule has 1 saturated heterocycles. The molecule has 0 bridgehead atoms. The van der Waals surface area contributed by atoms with Gasteiger partial charge in [0, 0.05) is 30.2 Å². The summed E-state index contributed by atoms with van der Waals surface area (Å²) in [4.78, 5) is 7.83. The summed E-state index contributed by atoms with van der Waals surface area (Å²) in [5, 5.41) is 17.1. The van der Waals surface area contributed by atoms with E-state index in [4.69, 9.17) is 11.6 Å². The summed E-state index contributed by atoms with van der Waals surface area (Å²) in [6.07, 6.45) is 1.89. The number of rotatable bonds is 7. The fourth-order valence-electron chi connectivity index (χ4n) is 3.35. The minimum absolute atomic E-state index is 0. The highest BCUT2D eigenvalue weighted by molar-refractivity contribution is 14.0. The molecule has 0 aliphatic carbocycles. The van der Waals surface area contributed by atoms with Gasteiger partial charge in [0.1, 0.15) is 6.10 Å². The number of nitrogens with zero attached hydrogens (tertiary/aromatic N) is 2. The number of halogens is 2. The standard InChI is InChI=1S/C21H29ClN4OS.HI/c1-3-23-21(24-14-18(27)19-9-10-20(22)28-19)25-15(2)16-7-6-8-17(13-16)26-11-4-5-12-26;/h6-10,13,15,18,27H,3-5,11-12,14H2,1-2H3,(H2,23,24,25);1H. The quantitative estimate of drug-likeness (QED) is 0.260. The largest absolute Gasteiger partial charge is 0.386 e. The maximum absolute atomic E-state index is 10.3. The van der Waals surface area contributed by atoms with Crippen molar-refractivity contribution in [2.24, 2.45) is 4.99 Å². The second-order valence-corrected chi connectivity index (χ2v) is 8.78. The second-order valence-electron chi connectivity index (χ2n) is 7.03. The second kappa shape index (κ2) is 12.0. The van der Waals surface area contributed by atoms with Gasteiger partial charge in [-0.15, -0.1) is 35.3 Å². The summed E-state index contributed by atoms with van der Waals surface area (Å²) in [6.45, 7) is 7.48. The molecule has 5 nitrogen and oxygen atoms in total. The average molecular weight is 549 g/mol. The first-order chi connectivity index (χ1) is 13.6.